The molecule has 0 aromatic heterocycles. The first-order chi connectivity index (χ1) is 11.5. The Labute approximate surface area is 146 Å². The average Bonchev–Trinajstić information content (AvgIpc) is 2.55. The van der Waals surface area contributed by atoms with Gasteiger partial charge in [0.15, 0.2) is 6.10 Å². The highest BCUT2D eigenvalue weighted by Gasteiger charge is 2.18. The first-order valence-corrected chi connectivity index (χ1v) is 8.06. The SMILES string of the molecule is CCOC(=O)C(O)CN(N)Cc1ccc(-c2cccc(Cl)c2)cc1. The number of ether oxygens (including phenoxy) is 1. The van der Waals surface area contributed by atoms with Gasteiger partial charge in [0.25, 0.3) is 0 Å². The van der Waals surface area contributed by atoms with Crippen LogP contribution in [0, 0.1) is 0 Å². The van der Waals surface area contributed by atoms with E-state index in [-0.39, 0.29) is 13.2 Å². The number of rotatable bonds is 7. The van der Waals surface area contributed by atoms with Gasteiger partial charge < -0.3 is 9.84 Å². The minimum atomic E-state index is -1.25. The molecule has 128 valence electrons. The molecule has 2 aromatic rings. The molecule has 0 saturated carbocycles. The average molecular weight is 349 g/mol. The van der Waals surface area contributed by atoms with Crippen LogP contribution >= 0.6 is 11.6 Å². The van der Waals surface area contributed by atoms with Crippen LogP contribution in [-0.2, 0) is 16.1 Å². The molecule has 3 N–H and O–H groups in total. The molecular formula is C18H21ClN2O3. The lowest BCUT2D eigenvalue weighted by atomic mass is 10.0. The molecule has 6 heteroatoms. The second-order valence-corrected chi connectivity index (χ2v) is 5.84. The summed E-state index contributed by atoms with van der Waals surface area (Å²) in [6, 6.07) is 15.5. The van der Waals surface area contributed by atoms with Crippen LogP contribution in [-0.4, -0.2) is 35.3 Å². The summed E-state index contributed by atoms with van der Waals surface area (Å²) in [7, 11) is 0. The van der Waals surface area contributed by atoms with Crippen molar-refractivity contribution in [1.82, 2.24) is 5.01 Å². The first kappa shape index (κ1) is 18.4. The zero-order valence-electron chi connectivity index (χ0n) is 13.5. The van der Waals surface area contributed by atoms with E-state index in [4.69, 9.17) is 22.2 Å². The van der Waals surface area contributed by atoms with Crippen LogP contribution in [0.5, 0.6) is 0 Å². The second kappa shape index (κ2) is 8.80. The molecule has 2 rings (SSSR count). The van der Waals surface area contributed by atoms with E-state index < -0.39 is 12.1 Å². The standard InChI is InChI=1S/C18H21ClN2O3/c1-2-24-18(23)17(22)12-21(20)11-13-6-8-14(9-7-13)15-4-3-5-16(19)10-15/h3-10,17,22H,2,11-12,20H2,1H3. The second-order valence-electron chi connectivity index (χ2n) is 5.40. The third-order valence-corrected chi connectivity index (χ3v) is 3.70. The van der Waals surface area contributed by atoms with Crippen molar-refractivity contribution in [2.24, 2.45) is 5.84 Å². The van der Waals surface area contributed by atoms with Crippen molar-refractivity contribution >= 4 is 17.6 Å². The van der Waals surface area contributed by atoms with Gasteiger partial charge in [0.2, 0.25) is 0 Å². The van der Waals surface area contributed by atoms with E-state index >= 15 is 0 Å². The van der Waals surface area contributed by atoms with Gasteiger partial charge >= 0.3 is 5.97 Å². The molecule has 0 aliphatic carbocycles. The molecule has 0 radical (unpaired) electrons. The van der Waals surface area contributed by atoms with Crippen LogP contribution in [0.3, 0.4) is 0 Å². The number of aliphatic hydroxyl groups is 1. The van der Waals surface area contributed by atoms with Crippen LogP contribution in [0.15, 0.2) is 48.5 Å². The van der Waals surface area contributed by atoms with Crippen molar-refractivity contribution in [3.05, 3.63) is 59.1 Å². The molecule has 0 saturated heterocycles. The molecule has 0 aliphatic heterocycles. The fraction of sp³-hybridized carbons (Fsp3) is 0.278. The number of carbonyl (C=O) groups is 1. The van der Waals surface area contributed by atoms with Crippen LogP contribution in [0.1, 0.15) is 12.5 Å². The predicted molar refractivity (Wildman–Crippen MR) is 94.1 cm³/mol. The lowest BCUT2D eigenvalue weighted by Gasteiger charge is -2.19. The summed E-state index contributed by atoms with van der Waals surface area (Å²) in [5.74, 6) is 5.20. The number of benzene rings is 2. The lowest BCUT2D eigenvalue weighted by molar-refractivity contribution is -0.154. The third-order valence-electron chi connectivity index (χ3n) is 3.46. The number of nitrogens with two attached hydrogens (primary N) is 1. The number of carbonyl (C=O) groups excluding carboxylic acids is 1. The van der Waals surface area contributed by atoms with Crippen LogP contribution < -0.4 is 5.84 Å². The minimum absolute atomic E-state index is 0.00881. The molecule has 1 unspecified atom stereocenters. The Morgan fingerprint density at radius 3 is 2.58 bits per heavy atom. The molecule has 0 heterocycles. The Bertz CT molecular complexity index is 676. The van der Waals surface area contributed by atoms with E-state index in [1.54, 1.807) is 6.92 Å². The number of nitrogens with zero attached hydrogens (tertiary/aromatic N) is 1. The van der Waals surface area contributed by atoms with E-state index in [0.717, 1.165) is 16.7 Å². The van der Waals surface area contributed by atoms with Gasteiger partial charge in [0.1, 0.15) is 0 Å². The highest BCUT2D eigenvalue weighted by atomic mass is 35.5. The maximum atomic E-state index is 11.4. The van der Waals surface area contributed by atoms with E-state index in [9.17, 15) is 9.90 Å². The molecule has 0 amide bonds. The quantitative estimate of drug-likeness (QED) is 0.457. The number of esters is 1. The van der Waals surface area contributed by atoms with Crippen LogP contribution in [0.25, 0.3) is 11.1 Å². The Balaban J connectivity index is 1.95. The Hall–Kier alpha value is -1.92. The smallest absolute Gasteiger partial charge is 0.336 e. The Kier molecular flexibility index (Phi) is 6.75. The van der Waals surface area contributed by atoms with Crippen molar-refractivity contribution in [2.45, 2.75) is 19.6 Å². The van der Waals surface area contributed by atoms with Gasteiger partial charge in [0, 0.05) is 11.6 Å². The highest BCUT2D eigenvalue weighted by molar-refractivity contribution is 6.30. The highest BCUT2D eigenvalue weighted by Crippen LogP contribution is 2.23. The zero-order chi connectivity index (χ0) is 17.5. The topological polar surface area (TPSA) is 75.8 Å². The number of aliphatic hydroxyl groups excluding tert-OH is 1. The first-order valence-electron chi connectivity index (χ1n) is 7.69. The maximum Gasteiger partial charge on any atom is 0.336 e. The summed E-state index contributed by atoms with van der Waals surface area (Å²) < 4.78 is 4.75. The van der Waals surface area contributed by atoms with Crippen LogP contribution in [0.2, 0.25) is 5.02 Å². The number of hydrazine groups is 1. The van der Waals surface area contributed by atoms with Gasteiger partial charge in [0.05, 0.1) is 13.2 Å². The van der Waals surface area contributed by atoms with Gasteiger partial charge in [-0.3, -0.25) is 5.84 Å². The van der Waals surface area contributed by atoms with Crippen molar-refractivity contribution in [3.8, 4) is 11.1 Å². The summed E-state index contributed by atoms with van der Waals surface area (Å²) in [5.41, 5.74) is 3.06. The van der Waals surface area contributed by atoms with E-state index in [1.807, 2.05) is 48.5 Å². The van der Waals surface area contributed by atoms with E-state index in [0.29, 0.717) is 11.6 Å². The molecule has 0 spiro atoms. The lowest BCUT2D eigenvalue weighted by Crippen LogP contribution is -2.41. The largest absolute Gasteiger partial charge is 0.464 e. The molecule has 2 aromatic carbocycles. The van der Waals surface area contributed by atoms with Gasteiger partial charge in [-0.2, -0.15) is 0 Å². The Morgan fingerprint density at radius 1 is 1.25 bits per heavy atom. The molecule has 1 atom stereocenters. The third kappa shape index (κ3) is 5.32. The summed E-state index contributed by atoms with van der Waals surface area (Å²) in [6.07, 6.45) is -1.25. The summed E-state index contributed by atoms with van der Waals surface area (Å²) >= 11 is 6.01. The fourth-order valence-electron chi connectivity index (χ4n) is 2.30. The normalized spacial score (nSPS) is 12.2. The maximum absolute atomic E-state index is 11.4. The molecule has 0 bridgehead atoms. The molecule has 0 aliphatic rings. The zero-order valence-corrected chi connectivity index (χ0v) is 14.2. The fourth-order valence-corrected chi connectivity index (χ4v) is 2.50. The van der Waals surface area contributed by atoms with Crippen molar-refractivity contribution in [2.75, 3.05) is 13.2 Å². The van der Waals surface area contributed by atoms with Crippen molar-refractivity contribution in [1.29, 1.82) is 0 Å². The number of hydrogen-bond donors (Lipinski definition) is 2. The van der Waals surface area contributed by atoms with Crippen molar-refractivity contribution < 1.29 is 14.6 Å². The predicted octanol–water partition coefficient (Wildman–Crippen LogP) is 2.61. The van der Waals surface area contributed by atoms with Gasteiger partial charge in [-0.05, 0) is 35.7 Å². The van der Waals surface area contributed by atoms with Crippen LogP contribution in [0.4, 0.5) is 0 Å². The number of hydrogen-bond acceptors (Lipinski definition) is 5. The summed E-state index contributed by atoms with van der Waals surface area (Å²) in [4.78, 5) is 11.4. The monoisotopic (exact) mass is 348 g/mol. The van der Waals surface area contributed by atoms with Gasteiger partial charge in [-0.1, -0.05) is 48.0 Å². The van der Waals surface area contributed by atoms with Crippen molar-refractivity contribution in [3.63, 3.8) is 0 Å². The van der Waals surface area contributed by atoms with E-state index in [2.05, 4.69) is 0 Å². The van der Waals surface area contributed by atoms with Gasteiger partial charge in [-0.15, -0.1) is 0 Å². The molecule has 0 fully saturated rings. The summed E-state index contributed by atoms with van der Waals surface area (Å²) in [5, 5.41) is 11.8. The number of halogens is 1. The summed E-state index contributed by atoms with van der Waals surface area (Å²) in [6.45, 7) is 2.33. The minimum Gasteiger partial charge on any atom is -0.464 e. The Morgan fingerprint density at radius 2 is 1.96 bits per heavy atom. The molecule has 5 nitrogen and oxygen atoms in total. The molecule has 24 heavy (non-hydrogen) atoms. The van der Waals surface area contributed by atoms with E-state index in [1.165, 1.54) is 5.01 Å². The molecular weight excluding hydrogens is 328 g/mol. The van der Waals surface area contributed by atoms with Gasteiger partial charge in [-0.25, -0.2) is 9.80 Å².